The van der Waals surface area contributed by atoms with Crippen molar-refractivity contribution < 1.29 is 9.53 Å². The first-order valence-electron chi connectivity index (χ1n) is 9.14. The average molecular weight is 371 g/mol. The molecule has 0 saturated carbocycles. The van der Waals surface area contributed by atoms with Crippen molar-refractivity contribution in [2.45, 2.75) is 13.8 Å². The normalized spacial score (nSPS) is 10.8. The number of anilines is 1. The van der Waals surface area contributed by atoms with Crippen LogP contribution < -0.4 is 10.1 Å². The number of hydrogen-bond acceptors (Lipinski definition) is 3. The van der Waals surface area contributed by atoms with Crippen molar-refractivity contribution in [1.29, 1.82) is 0 Å². The Hall–Kier alpha value is -3.60. The van der Waals surface area contributed by atoms with Gasteiger partial charge in [0.2, 0.25) is 0 Å². The van der Waals surface area contributed by atoms with Crippen molar-refractivity contribution in [2.75, 3.05) is 11.9 Å². The summed E-state index contributed by atoms with van der Waals surface area (Å²) in [5, 5.41) is 2.93. The third-order valence-electron chi connectivity index (χ3n) is 4.69. The number of amides is 1. The lowest BCUT2D eigenvalue weighted by atomic mass is 10.1. The van der Waals surface area contributed by atoms with Crippen LogP contribution in [0.15, 0.2) is 66.7 Å². The van der Waals surface area contributed by atoms with Gasteiger partial charge in [0.25, 0.3) is 5.91 Å². The Kier molecular flexibility index (Phi) is 4.81. The molecule has 4 rings (SSSR count). The van der Waals surface area contributed by atoms with Crippen molar-refractivity contribution in [2.24, 2.45) is 0 Å². The van der Waals surface area contributed by atoms with E-state index in [1.165, 1.54) is 5.56 Å². The first-order chi connectivity index (χ1) is 13.6. The molecule has 0 aliphatic rings. The standard InChI is InChI=1S/C23H21N3O2/c1-15-11-12-17(13-16(15)2)28-14-22(27)24-19-8-4-3-7-18(19)23-25-20-9-5-6-10-21(20)26-23/h3-13H,14H2,1-2H3,(H,24,27)(H,25,26). The quantitative estimate of drug-likeness (QED) is 0.526. The Bertz CT molecular complexity index is 1110. The molecule has 0 atom stereocenters. The Balaban J connectivity index is 1.50. The van der Waals surface area contributed by atoms with Crippen molar-refractivity contribution in [1.82, 2.24) is 9.97 Å². The van der Waals surface area contributed by atoms with Gasteiger partial charge in [-0.2, -0.15) is 0 Å². The summed E-state index contributed by atoms with van der Waals surface area (Å²) in [6, 6.07) is 21.2. The van der Waals surface area contributed by atoms with Gasteiger partial charge in [-0.05, 0) is 61.4 Å². The smallest absolute Gasteiger partial charge is 0.262 e. The van der Waals surface area contributed by atoms with Crippen molar-refractivity contribution in [3.8, 4) is 17.1 Å². The molecule has 5 nitrogen and oxygen atoms in total. The van der Waals surface area contributed by atoms with Gasteiger partial charge in [-0.25, -0.2) is 4.98 Å². The fourth-order valence-corrected chi connectivity index (χ4v) is 3.02. The maximum Gasteiger partial charge on any atom is 0.262 e. The predicted molar refractivity (Wildman–Crippen MR) is 112 cm³/mol. The van der Waals surface area contributed by atoms with Gasteiger partial charge in [0.15, 0.2) is 6.61 Å². The van der Waals surface area contributed by atoms with Gasteiger partial charge in [0, 0.05) is 5.56 Å². The van der Waals surface area contributed by atoms with Crippen LogP contribution >= 0.6 is 0 Å². The van der Waals surface area contributed by atoms with E-state index in [0.29, 0.717) is 17.3 Å². The minimum absolute atomic E-state index is 0.0586. The summed E-state index contributed by atoms with van der Waals surface area (Å²) in [4.78, 5) is 20.4. The van der Waals surface area contributed by atoms with Crippen LogP contribution in [-0.4, -0.2) is 22.5 Å². The molecular formula is C23H21N3O2. The van der Waals surface area contributed by atoms with Gasteiger partial charge in [0.1, 0.15) is 11.6 Å². The first kappa shape index (κ1) is 17.8. The van der Waals surface area contributed by atoms with E-state index in [-0.39, 0.29) is 12.5 Å². The fourth-order valence-electron chi connectivity index (χ4n) is 3.02. The Morgan fingerprint density at radius 3 is 2.61 bits per heavy atom. The number of aromatic nitrogens is 2. The second-order valence-corrected chi connectivity index (χ2v) is 6.73. The minimum Gasteiger partial charge on any atom is -0.484 e. The molecule has 4 aromatic rings. The molecule has 1 aromatic heterocycles. The third-order valence-corrected chi connectivity index (χ3v) is 4.69. The van der Waals surface area contributed by atoms with Gasteiger partial charge < -0.3 is 15.0 Å². The minimum atomic E-state index is -0.221. The number of nitrogens with zero attached hydrogens (tertiary/aromatic N) is 1. The molecule has 0 spiro atoms. The molecule has 1 amide bonds. The second kappa shape index (κ2) is 7.56. The summed E-state index contributed by atoms with van der Waals surface area (Å²) in [6.45, 7) is 4.00. The van der Waals surface area contributed by atoms with Gasteiger partial charge in [-0.15, -0.1) is 0 Å². The summed E-state index contributed by atoms with van der Waals surface area (Å²) >= 11 is 0. The SMILES string of the molecule is Cc1ccc(OCC(=O)Nc2ccccc2-c2nc3ccccc3[nH]2)cc1C. The fraction of sp³-hybridized carbons (Fsp3) is 0.130. The number of carbonyl (C=O) groups is 1. The lowest BCUT2D eigenvalue weighted by Gasteiger charge is -2.11. The molecule has 0 aliphatic heterocycles. The zero-order chi connectivity index (χ0) is 19.5. The van der Waals surface area contributed by atoms with Crippen molar-refractivity contribution in [3.05, 3.63) is 77.9 Å². The number of ether oxygens (including phenoxy) is 1. The number of carbonyl (C=O) groups excluding carboxylic acids is 1. The van der Waals surface area contributed by atoms with Crippen LogP contribution in [0.1, 0.15) is 11.1 Å². The maximum absolute atomic E-state index is 12.4. The van der Waals surface area contributed by atoms with E-state index in [1.807, 2.05) is 80.6 Å². The highest BCUT2D eigenvalue weighted by Crippen LogP contribution is 2.27. The number of nitrogens with one attached hydrogen (secondary N) is 2. The van der Waals surface area contributed by atoms with E-state index in [0.717, 1.165) is 22.2 Å². The lowest BCUT2D eigenvalue weighted by molar-refractivity contribution is -0.118. The largest absolute Gasteiger partial charge is 0.484 e. The number of fused-ring (bicyclic) bond motifs is 1. The van der Waals surface area contributed by atoms with Crippen LogP contribution in [0, 0.1) is 13.8 Å². The molecule has 0 unspecified atom stereocenters. The number of benzene rings is 3. The Labute approximate surface area is 163 Å². The summed E-state index contributed by atoms with van der Waals surface area (Å²) in [7, 11) is 0. The predicted octanol–water partition coefficient (Wildman–Crippen LogP) is 4.86. The number of hydrogen-bond donors (Lipinski definition) is 2. The molecule has 2 N–H and O–H groups in total. The van der Waals surface area contributed by atoms with E-state index < -0.39 is 0 Å². The number of aromatic amines is 1. The molecule has 3 aromatic carbocycles. The van der Waals surface area contributed by atoms with Gasteiger partial charge >= 0.3 is 0 Å². The number of imidazole rings is 1. The van der Waals surface area contributed by atoms with Crippen LogP contribution in [0.3, 0.4) is 0 Å². The van der Waals surface area contributed by atoms with E-state index >= 15 is 0 Å². The summed E-state index contributed by atoms with van der Waals surface area (Å²) in [6.07, 6.45) is 0. The molecule has 140 valence electrons. The van der Waals surface area contributed by atoms with Crippen LogP contribution in [0.2, 0.25) is 0 Å². The zero-order valence-corrected chi connectivity index (χ0v) is 15.8. The highest BCUT2D eigenvalue weighted by atomic mass is 16.5. The summed E-state index contributed by atoms with van der Waals surface area (Å²) in [5.74, 6) is 1.18. The van der Waals surface area contributed by atoms with Crippen molar-refractivity contribution in [3.63, 3.8) is 0 Å². The molecular weight excluding hydrogens is 350 g/mol. The van der Waals surface area contributed by atoms with Crippen LogP contribution in [0.25, 0.3) is 22.4 Å². The molecule has 0 radical (unpaired) electrons. The van der Waals surface area contributed by atoms with E-state index in [1.54, 1.807) is 0 Å². The molecule has 1 heterocycles. The molecule has 0 saturated heterocycles. The number of aryl methyl sites for hydroxylation is 2. The molecule has 28 heavy (non-hydrogen) atoms. The number of para-hydroxylation sites is 3. The van der Waals surface area contributed by atoms with Gasteiger partial charge in [-0.1, -0.05) is 30.3 Å². The molecule has 0 bridgehead atoms. The van der Waals surface area contributed by atoms with Gasteiger partial charge in [0.05, 0.1) is 16.7 Å². The van der Waals surface area contributed by atoms with Crippen LogP contribution in [0.5, 0.6) is 5.75 Å². The van der Waals surface area contributed by atoms with Crippen LogP contribution in [-0.2, 0) is 4.79 Å². The average Bonchev–Trinajstić information content (AvgIpc) is 3.13. The van der Waals surface area contributed by atoms with Gasteiger partial charge in [-0.3, -0.25) is 4.79 Å². The highest BCUT2D eigenvalue weighted by Gasteiger charge is 2.12. The molecule has 0 fully saturated rings. The zero-order valence-electron chi connectivity index (χ0n) is 15.8. The summed E-state index contributed by atoms with van der Waals surface area (Å²) < 4.78 is 5.63. The lowest BCUT2D eigenvalue weighted by Crippen LogP contribution is -2.20. The Morgan fingerprint density at radius 2 is 1.79 bits per heavy atom. The Morgan fingerprint density at radius 1 is 1.00 bits per heavy atom. The van der Waals surface area contributed by atoms with E-state index in [9.17, 15) is 4.79 Å². The van der Waals surface area contributed by atoms with Crippen molar-refractivity contribution >= 4 is 22.6 Å². The second-order valence-electron chi connectivity index (χ2n) is 6.73. The monoisotopic (exact) mass is 371 g/mol. The number of rotatable bonds is 5. The first-order valence-corrected chi connectivity index (χ1v) is 9.14. The highest BCUT2D eigenvalue weighted by molar-refractivity contribution is 5.96. The molecule has 5 heteroatoms. The maximum atomic E-state index is 12.4. The van der Waals surface area contributed by atoms with E-state index in [4.69, 9.17) is 4.74 Å². The van der Waals surface area contributed by atoms with Crippen LogP contribution in [0.4, 0.5) is 5.69 Å². The topological polar surface area (TPSA) is 67.0 Å². The summed E-state index contributed by atoms with van der Waals surface area (Å²) in [5.41, 5.74) is 5.69. The third kappa shape index (κ3) is 3.74. The molecule has 0 aliphatic carbocycles. The van der Waals surface area contributed by atoms with E-state index in [2.05, 4.69) is 15.3 Å². The number of H-pyrrole nitrogens is 1.